The van der Waals surface area contributed by atoms with Crippen LogP contribution < -0.4 is 5.32 Å². The molecule has 4 nitrogen and oxygen atoms in total. The van der Waals surface area contributed by atoms with Gasteiger partial charge in [0.1, 0.15) is 5.69 Å². The lowest BCUT2D eigenvalue weighted by molar-refractivity contribution is -0.143. The van der Waals surface area contributed by atoms with Gasteiger partial charge in [-0.1, -0.05) is 0 Å². The molecule has 0 bridgehead atoms. The number of alkyl halides is 6. The van der Waals surface area contributed by atoms with Gasteiger partial charge >= 0.3 is 12.4 Å². The summed E-state index contributed by atoms with van der Waals surface area (Å²) in [6.07, 6.45) is -8.72. The number of Topliss-reactive ketones (excluding diaryl/α,β-unsaturated/α-hetero) is 1. The Morgan fingerprint density at radius 3 is 1.81 bits per heavy atom. The zero-order chi connectivity index (χ0) is 19.9. The van der Waals surface area contributed by atoms with Crippen LogP contribution in [0.25, 0.3) is 0 Å². The maximum atomic E-state index is 12.8. The summed E-state index contributed by atoms with van der Waals surface area (Å²) in [6, 6.07) is 1.96. The number of nitrogens with one attached hydrogen (secondary N) is 1. The SMILES string of the molecule is CC(=O)c1cc(C(=O)Nc2cc(C(F)(F)F)cc(C(F)(F)F)c2)n(C)c1. The summed E-state index contributed by atoms with van der Waals surface area (Å²) in [5.74, 6) is -1.30. The van der Waals surface area contributed by atoms with Crippen LogP contribution in [0.15, 0.2) is 30.5 Å². The largest absolute Gasteiger partial charge is 0.416 e. The van der Waals surface area contributed by atoms with Gasteiger partial charge in [-0.2, -0.15) is 26.3 Å². The summed E-state index contributed by atoms with van der Waals surface area (Å²) in [5.41, 5.74) is -3.67. The number of rotatable bonds is 3. The van der Waals surface area contributed by atoms with E-state index in [4.69, 9.17) is 0 Å². The Hall–Kier alpha value is -2.78. The van der Waals surface area contributed by atoms with Crippen LogP contribution in [0.3, 0.4) is 0 Å². The number of carbonyl (C=O) groups is 2. The second-order valence-corrected chi connectivity index (χ2v) is 5.53. The maximum Gasteiger partial charge on any atom is 0.416 e. The fourth-order valence-electron chi connectivity index (χ4n) is 2.21. The zero-order valence-corrected chi connectivity index (χ0v) is 13.4. The van der Waals surface area contributed by atoms with Gasteiger partial charge in [-0.25, -0.2) is 0 Å². The lowest BCUT2D eigenvalue weighted by Gasteiger charge is -2.15. The van der Waals surface area contributed by atoms with E-state index in [-0.39, 0.29) is 23.1 Å². The number of ketones is 1. The standard InChI is InChI=1S/C16H12F6N2O2/c1-8(25)9-3-13(24(2)7-9)14(26)23-12-5-10(15(17,18)19)4-11(6-12)16(20,21)22/h3-7H,1-2H3,(H,23,26). The van der Waals surface area contributed by atoms with E-state index in [0.29, 0.717) is 12.1 Å². The normalized spacial score (nSPS) is 12.2. The van der Waals surface area contributed by atoms with Crippen molar-refractivity contribution in [3.05, 3.63) is 52.8 Å². The number of hydrogen-bond donors (Lipinski definition) is 1. The third-order valence-corrected chi connectivity index (χ3v) is 3.49. The minimum atomic E-state index is -5.02. The molecule has 0 aliphatic rings. The van der Waals surface area contributed by atoms with Crippen LogP contribution in [0.5, 0.6) is 0 Å². The van der Waals surface area contributed by atoms with Crippen LogP contribution in [0.4, 0.5) is 32.0 Å². The fourth-order valence-corrected chi connectivity index (χ4v) is 2.21. The van der Waals surface area contributed by atoms with Crippen molar-refractivity contribution in [3.8, 4) is 0 Å². The predicted molar refractivity (Wildman–Crippen MR) is 79.8 cm³/mol. The van der Waals surface area contributed by atoms with E-state index < -0.39 is 35.1 Å². The van der Waals surface area contributed by atoms with E-state index in [1.165, 1.54) is 30.8 Å². The van der Waals surface area contributed by atoms with E-state index in [0.717, 1.165) is 0 Å². The van der Waals surface area contributed by atoms with Crippen molar-refractivity contribution in [1.29, 1.82) is 0 Å². The summed E-state index contributed by atoms with van der Waals surface area (Å²) in [4.78, 5) is 23.5. The number of halogens is 6. The van der Waals surface area contributed by atoms with Gasteiger partial charge in [0.15, 0.2) is 5.78 Å². The lowest BCUT2D eigenvalue weighted by atomic mass is 10.1. The molecule has 0 saturated carbocycles. The first-order valence-corrected chi connectivity index (χ1v) is 7.07. The van der Waals surface area contributed by atoms with Gasteiger partial charge in [0, 0.05) is 24.5 Å². The van der Waals surface area contributed by atoms with Crippen molar-refractivity contribution in [3.63, 3.8) is 0 Å². The Kier molecular flexibility index (Phi) is 4.89. The molecule has 0 unspecified atom stereocenters. The molecule has 0 fully saturated rings. The second kappa shape index (κ2) is 6.50. The van der Waals surface area contributed by atoms with Crippen LogP contribution in [-0.2, 0) is 19.4 Å². The molecular formula is C16H12F6N2O2. The van der Waals surface area contributed by atoms with Crippen LogP contribution in [-0.4, -0.2) is 16.3 Å². The first kappa shape index (κ1) is 19.5. The molecule has 26 heavy (non-hydrogen) atoms. The molecule has 10 heteroatoms. The number of carbonyl (C=O) groups excluding carboxylic acids is 2. The number of aryl methyl sites for hydroxylation is 1. The molecule has 1 amide bonds. The minimum Gasteiger partial charge on any atom is -0.346 e. The molecule has 0 aliphatic heterocycles. The Morgan fingerprint density at radius 2 is 1.42 bits per heavy atom. The molecule has 0 radical (unpaired) electrons. The van der Waals surface area contributed by atoms with Crippen LogP contribution in [0.1, 0.15) is 38.9 Å². The first-order valence-electron chi connectivity index (χ1n) is 7.07. The molecule has 0 spiro atoms. The van der Waals surface area contributed by atoms with Gasteiger partial charge in [0.25, 0.3) is 5.91 Å². The number of hydrogen-bond acceptors (Lipinski definition) is 2. The van der Waals surface area contributed by atoms with Crippen molar-refractivity contribution in [1.82, 2.24) is 4.57 Å². The zero-order valence-electron chi connectivity index (χ0n) is 13.4. The summed E-state index contributed by atoms with van der Waals surface area (Å²) in [7, 11) is 1.41. The highest BCUT2D eigenvalue weighted by Crippen LogP contribution is 2.37. The fraction of sp³-hybridized carbons (Fsp3) is 0.250. The van der Waals surface area contributed by atoms with Crippen molar-refractivity contribution in [2.24, 2.45) is 7.05 Å². The van der Waals surface area contributed by atoms with Gasteiger partial charge in [-0.15, -0.1) is 0 Å². The van der Waals surface area contributed by atoms with Crippen molar-refractivity contribution in [2.45, 2.75) is 19.3 Å². The molecule has 140 valence electrons. The average molecular weight is 378 g/mol. The Morgan fingerprint density at radius 1 is 0.923 bits per heavy atom. The van der Waals surface area contributed by atoms with Crippen LogP contribution >= 0.6 is 0 Å². The first-order chi connectivity index (χ1) is 11.8. The highest BCUT2D eigenvalue weighted by molar-refractivity contribution is 6.05. The Labute approximate surface area is 143 Å². The quantitative estimate of drug-likeness (QED) is 0.631. The number of nitrogens with zero attached hydrogens (tertiary/aromatic N) is 1. The van der Waals surface area contributed by atoms with Gasteiger partial charge < -0.3 is 9.88 Å². The minimum absolute atomic E-state index is 0.0357. The number of aromatic nitrogens is 1. The molecule has 1 aromatic carbocycles. The highest BCUT2D eigenvalue weighted by atomic mass is 19.4. The van der Waals surface area contributed by atoms with Gasteiger partial charge in [-0.05, 0) is 31.2 Å². The van der Waals surface area contributed by atoms with E-state index in [9.17, 15) is 35.9 Å². The molecule has 0 atom stereocenters. The molecule has 0 saturated heterocycles. The number of benzene rings is 1. The molecule has 1 aromatic heterocycles. The molecular weight excluding hydrogens is 366 g/mol. The molecule has 2 aromatic rings. The van der Waals surface area contributed by atoms with Crippen LogP contribution in [0.2, 0.25) is 0 Å². The lowest BCUT2D eigenvalue weighted by Crippen LogP contribution is -2.17. The maximum absolute atomic E-state index is 12.8. The summed E-state index contributed by atoms with van der Waals surface area (Å²) in [5, 5.41) is 2.01. The second-order valence-electron chi connectivity index (χ2n) is 5.53. The monoisotopic (exact) mass is 378 g/mol. The third kappa shape index (κ3) is 4.24. The molecule has 1 heterocycles. The van der Waals surface area contributed by atoms with E-state index >= 15 is 0 Å². The molecule has 2 rings (SSSR count). The van der Waals surface area contributed by atoms with Gasteiger partial charge in [0.2, 0.25) is 0 Å². The molecule has 1 N–H and O–H groups in total. The van der Waals surface area contributed by atoms with Gasteiger partial charge in [-0.3, -0.25) is 9.59 Å². The topological polar surface area (TPSA) is 51.1 Å². The Bertz CT molecular complexity index is 832. The summed E-state index contributed by atoms with van der Waals surface area (Å²) < 4.78 is 78.2. The average Bonchev–Trinajstić information content (AvgIpc) is 2.87. The van der Waals surface area contributed by atoms with Crippen molar-refractivity contribution >= 4 is 17.4 Å². The Balaban J connectivity index is 2.42. The van der Waals surface area contributed by atoms with E-state index in [1.54, 1.807) is 0 Å². The third-order valence-electron chi connectivity index (χ3n) is 3.49. The summed E-state index contributed by atoms with van der Waals surface area (Å²) >= 11 is 0. The summed E-state index contributed by atoms with van der Waals surface area (Å²) in [6.45, 7) is 1.25. The number of anilines is 1. The smallest absolute Gasteiger partial charge is 0.346 e. The molecule has 0 aliphatic carbocycles. The van der Waals surface area contributed by atoms with Gasteiger partial charge in [0.05, 0.1) is 11.1 Å². The van der Waals surface area contributed by atoms with E-state index in [2.05, 4.69) is 0 Å². The highest BCUT2D eigenvalue weighted by Gasteiger charge is 2.37. The van der Waals surface area contributed by atoms with E-state index in [1.807, 2.05) is 5.32 Å². The number of amides is 1. The van der Waals surface area contributed by atoms with Crippen molar-refractivity contribution < 1.29 is 35.9 Å². The predicted octanol–water partition coefficient (Wildman–Crippen LogP) is 4.52. The van der Waals surface area contributed by atoms with Crippen molar-refractivity contribution in [2.75, 3.05) is 5.32 Å². The van der Waals surface area contributed by atoms with Crippen LogP contribution in [0, 0.1) is 0 Å².